The molecule has 1 heterocycles. The molecule has 0 aromatic heterocycles. The van der Waals surface area contributed by atoms with Gasteiger partial charge in [-0.15, -0.1) is 0 Å². The molecule has 1 aliphatic rings. The van der Waals surface area contributed by atoms with Crippen molar-refractivity contribution in [3.8, 4) is 11.5 Å². The summed E-state index contributed by atoms with van der Waals surface area (Å²) in [6, 6.07) is 4.19. The quantitative estimate of drug-likeness (QED) is 0.819. The van der Waals surface area contributed by atoms with Gasteiger partial charge in [0, 0.05) is 6.54 Å². The monoisotopic (exact) mass is 207 g/mol. The van der Waals surface area contributed by atoms with Crippen LogP contribution in [0.1, 0.15) is 18.1 Å². The highest BCUT2D eigenvalue weighted by molar-refractivity contribution is 5.48. The third-order valence-electron chi connectivity index (χ3n) is 2.67. The number of hydrogen-bond donors (Lipinski definition) is 1. The molecule has 0 unspecified atom stereocenters. The molecule has 1 N–H and O–H groups in total. The molecule has 1 aromatic rings. The van der Waals surface area contributed by atoms with E-state index in [9.17, 15) is 0 Å². The molecule has 0 spiro atoms. The minimum atomic E-state index is 0.674. The molecule has 82 valence electrons. The smallest absolute Gasteiger partial charge is 0.161 e. The topological polar surface area (TPSA) is 30.5 Å². The Kier molecular flexibility index (Phi) is 3.11. The summed E-state index contributed by atoms with van der Waals surface area (Å²) >= 11 is 0. The first kappa shape index (κ1) is 10.3. The minimum Gasteiger partial charge on any atom is -0.493 e. The van der Waals surface area contributed by atoms with Crippen molar-refractivity contribution in [2.24, 2.45) is 0 Å². The zero-order valence-corrected chi connectivity index (χ0v) is 9.30. The molecular weight excluding hydrogens is 190 g/mol. The van der Waals surface area contributed by atoms with Crippen LogP contribution in [0.3, 0.4) is 0 Å². The number of rotatable bonds is 3. The lowest BCUT2D eigenvalue weighted by atomic mass is 10.0. The van der Waals surface area contributed by atoms with Gasteiger partial charge in [-0.2, -0.15) is 0 Å². The van der Waals surface area contributed by atoms with Gasteiger partial charge in [-0.25, -0.2) is 0 Å². The number of methoxy groups -OCH3 is 1. The third kappa shape index (κ3) is 2.07. The van der Waals surface area contributed by atoms with Gasteiger partial charge in [-0.05, 0) is 43.1 Å². The zero-order valence-electron chi connectivity index (χ0n) is 9.30. The molecule has 1 aromatic carbocycles. The van der Waals surface area contributed by atoms with Gasteiger partial charge in [0.1, 0.15) is 0 Å². The summed E-state index contributed by atoms with van der Waals surface area (Å²) < 4.78 is 10.9. The predicted octanol–water partition coefficient (Wildman–Crippen LogP) is 1.74. The highest BCUT2D eigenvalue weighted by Gasteiger charge is 2.13. The van der Waals surface area contributed by atoms with Gasteiger partial charge in [0.15, 0.2) is 11.5 Å². The van der Waals surface area contributed by atoms with Crippen molar-refractivity contribution < 1.29 is 9.47 Å². The van der Waals surface area contributed by atoms with Gasteiger partial charge in [0.25, 0.3) is 0 Å². The van der Waals surface area contributed by atoms with Crippen molar-refractivity contribution in [2.75, 3.05) is 20.3 Å². The highest BCUT2D eigenvalue weighted by atomic mass is 16.5. The average molecular weight is 207 g/mol. The van der Waals surface area contributed by atoms with Crippen LogP contribution in [-0.2, 0) is 13.0 Å². The molecule has 0 fully saturated rings. The Balaban J connectivity index is 2.37. The Morgan fingerprint density at radius 2 is 2.07 bits per heavy atom. The standard InChI is InChI=1S/C12H17NO2/c1-3-15-12-6-9-4-5-13-8-10(9)7-11(12)14-2/h6-7,13H,3-5,8H2,1-2H3. The second-order valence-corrected chi connectivity index (χ2v) is 3.63. The molecular formula is C12H17NO2. The van der Waals surface area contributed by atoms with Gasteiger partial charge in [0.05, 0.1) is 13.7 Å². The van der Waals surface area contributed by atoms with Crippen LogP contribution >= 0.6 is 0 Å². The summed E-state index contributed by atoms with van der Waals surface area (Å²) in [4.78, 5) is 0. The lowest BCUT2D eigenvalue weighted by Crippen LogP contribution is -2.23. The molecule has 0 amide bonds. The van der Waals surface area contributed by atoms with Crippen LogP contribution in [0.25, 0.3) is 0 Å². The van der Waals surface area contributed by atoms with Crippen LogP contribution in [0.4, 0.5) is 0 Å². The summed E-state index contributed by atoms with van der Waals surface area (Å²) in [6.45, 7) is 4.64. The molecule has 1 aliphatic heterocycles. The maximum Gasteiger partial charge on any atom is 0.161 e. The van der Waals surface area contributed by atoms with E-state index in [0.717, 1.165) is 31.0 Å². The Hall–Kier alpha value is -1.22. The van der Waals surface area contributed by atoms with E-state index >= 15 is 0 Å². The van der Waals surface area contributed by atoms with E-state index in [0.29, 0.717) is 6.61 Å². The number of ether oxygens (including phenoxy) is 2. The fraction of sp³-hybridized carbons (Fsp3) is 0.500. The predicted molar refractivity (Wildman–Crippen MR) is 59.6 cm³/mol. The van der Waals surface area contributed by atoms with Crippen molar-refractivity contribution in [2.45, 2.75) is 19.9 Å². The van der Waals surface area contributed by atoms with E-state index in [1.807, 2.05) is 6.92 Å². The summed E-state index contributed by atoms with van der Waals surface area (Å²) in [6.07, 6.45) is 1.07. The number of nitrogens with one attached hydrogen (secondary N) is 1. The van der Waals surface area contributed by atoms with E-state index in [1.54, 1.807) is 7.11 Å². The van der Waals surface area contributed by atoms with E-state index in [1.165, 1.54) is 11.1 Å². The molecule has 3 nitrogen and oxygen atoms in total. The van der Waals surface area contributed by atoms with E-state index in [4.69, 9.17) is 9.47 Å². The Morgan fingerprint density at radius 1 is 1.27 bits per heavy atom. The number of benzene rings is 1. The summed E-state index contributed by atoms with van der Waals surface area (Å²) in [5, 5.41) is 3.35. The van der Waals surface area contributed by atoms with Crippen molar-refractivity contribution in [1.29, 1.82) is 0 Å². The van der Waals surface area contributed by atoms with E-state index in [-0.39, 0.29) is 0 Å². The average Bonchev–Trinajstić information content (AvgIpc) is 2.28. The molecule has 0 saturated heterocycles. The Bertz CT molecular complexity index is 350. The van der Waals surface area contributed by atoms with Gasteiger partial charge < -0.3 is 14.8 Å². The van der Waals surface area contributed by atoms with Crippen molar-refractivity contribution in [3.05, 3.63) is 23.3 Å². The second-order valence-electron chi connectivity index (χ2n) is 3.63. The number of fused-ring (bicyclic) bond motifs is 1. The molecule has 0 aliphatic carbocycles. The Morgan fingerprint density at radius 3 is 2.80 bits per heavy atom. The lowest BCUT2D eigenvalue weighted by molar-refractivity contribution is 0.310. The summed E-state index contributed by atoms with van der Waals surface area (Å²) in [7, 11) is 1.68. The van der Waals surface area contributed by atoms with Crippen molar-refractivity contribution >= 4 is 0 Å². The normalized spacial score (nSPS) is 14.5. The molecule has 0 saturated carbocycles. The first-order valence-electron chi connectivity index (χ1n) is 5.38. The maximum absolute atomic E-state index is 5.55. The molecule has 15 heavy (non-hydrogen) atoms. The summed E-state index contributed by atoms with van der Waals surface area (Å²) in [5.74, 6) is 1.69. The fourth-order valence-corrected chi connectivity index (χ4v) is 1.92. The minimum absolute atomic E-state index is 0.674. The summed E-state index contributed by atoms with van der Waals surface area (Å²) in [5.41, 5.74) is 2.69. The van der Waals surface area contributed by atoms with Crippen molar-refractivity contribution in [3.63, 3.8) is 0 Å². The van der Waals surface area contributed by atoms with Crippen LogP contribution in [0, 0.1) is 0 Å². The SMILES string of the molecule is CCOc1cc2c(cc1OC)CNCC2. The largest absolute Gasteiger partial charge is 0.493 e. The number of hydrogen-bond acceptors (Lipinski definition) is 3. The maximum atomic E-state index is 5.55. The second kappa shape index (κ2) is 4.53. The van der Waals surface area contributed by atoms with Gasteiger partial charge in [0.2, 0.25) is 0 Å². The van der Waals surface area contributed by atoms with Crippen LogP contribution in [0.5, 0.6) is 11.5 Å². The highest BCUT2D eigenvalue weighted by Crippen LogP contribution is 2.32. The first-order valence-corrected chi connectivity index (χ1v) is 5.38. The molecule has 0 radical (unpaired) electrons. The van der Waals surface area contributed by atoms with Gasteiger partial charge in [-0.3, -0.25) is 0 Å². The van der Waals surface area contributed by atoms with Crippen LogP contribution in [-0.4, -0.2) is 20.3 Å². The van der Waals surface area contributed by atoms with E-state index < -0.39 is 0 Å². The first-order chi connectivity index (χ1) is 7.35. The molecule has 3 heteroatoms. The third-order valence-corrected chi connectivity index (χ3v) is 2.67. The van der Waals surface area contributed by atoms with Crippen LogP contribution < -0.4 is 14.8 Å². The lowest BCUT2D eigenvalue weighted by Gasteiger charge is -2.20. The van der Waals surface area contributed by atoms with Gasteiger partial charge >= 0.3 is 0 Å². The Labute approximate surface area is 90.4 Å². The van der Waals surface area contributed by atoms with Crippen molar-refractivity contribution in [1.82, 2.24) is 5.32 Å². The van der Waals surface area contributed by atoms with Gasteiger partial charge in [-0.1, -0.05) is 0 Å². The molecule has 0 bridgehead atoms. The fourth-order valence-electron chi connectivity index (χ4n) is 1.92. The van der Waals surface area contributed by atoms with E-state index in [2.05, 4.69) is 17.4 Å². The van der Waals surface area contributed by atoms with Crippen LogP contribution in [0.2, 0.25) is 0 Å². The molecule has 0 atom stereocenters. The zero-order chi connectivity index (χ0) is 10.7. The molecule has 2 rings (SSSR count). The van der Waals surface area contributed by atoms with Crippen LogP contribution in [0.15, 0.2) is 12.1 Å².